The predicted molar refractivity (Wildman–Crippen MR) is 122 cm³/mol. The number of allylic oxidation sites excluding steroid dienone is 1. The van der Waals surface area contributed by atoms with Gasteiger partial charge in [0.15, 0.2) is 0 Å². The van der Waals surface area contributed by atoms with Crippen molar-refractivity contribution in [1.29, 1.82) is 0 Å². The number of carbonyl (C=O) groups excluding carboxylic acids is 1. The Bertz CT molecular complexity index is 1270. The summed E-state index contributed by atoms with van der Waals surface area (Å²) in [6.07, 6.45) is 0. The normalized spacial score (nSPS) is 16.5. The summed E-state index contributed by atoms with van der Waals surface area (Å²) in [7, 11) is 0. The number of halogens is 1. The first-order valence-corrected chi connectivity index (χ1v) is 10.9. The SMILES string of the molecule is CC1=C(c2nc(-c3cccs3)no2)C(c2cccc(Cl)c2)NC(=O)N1c1ccccc1. The first-order valence-electron chi connectivity index (χ1n) is 9.61. The summed E-state index contributed by atoms with van der Waals surface area (Å²) in [5.41, 5.74) is 3.01. The average Bonchev–Trinajstić information content (AvgIpc) is 3.46. The van der Waals surface area contributed by atoms with E-state index in [4.69, 9.17) is 16.1 Å². The molecule has 1 aliphatic rings. The van der Waals surface area contributed by atoms with Gasteiger partial charge in [-0.1, -0.05) is 53.2 Å². The predicted octanol–water partition coefficient (Wildman–Crippen LogP) is 6.15. The zero-order valence-corrected chi connectivity index (χ0v) is 18.0. The molecular weight excluding hydrogens is 432 g/mol. The highest BCUT2D eigenvalue weighted by Gasteiger charge is 2.36. The van der Waals surface area contributed by atoms with Crippen LogP contribution in [-0.2, 0) is 0 Å². The quantitative estimate of drug-likeness (QED) is 0.406. The van der Waals surface area contributed by atoms with Gasteiger partial charge in [0.2, 0.25) is 5.82 Å². The molecule has 154 valence electrons. The number of hydrogen-bond donors (Lipinski definition) is 1. The minimum Gasteiger partial charge on any atom is -0.334 e. The van der Waals surface area contributed by atoms with Gasteiger partial charge in [0.05, 0.1) is 22.2 Å². The maximum atomic E-state index is 13.1. The third kappa shape index (κ3) is 3.62. The molecule has 0 fully saturated rings. The summed E-state index contributed by atoms with van der Waals surface area (Å²) in [5.74, 6) is 0.866. The molecule has 1 atom stereocenters. The lowest BCUT2D eigenvalue weighted by molar-refractivity contribution is 0.244. The third-order valence-electron chi connectivity index (χ3n) is 5.08. The summed E-state index contributed by atoms with van der Waals surface area (Å²) in [4.78, 5) is 20.3. The minimum atomic E-state index is -0.484. The minimum absolute atomic E-state index is 0.240. The number of carbonyl (C=O) groups is 1. The molecule has 3 heterocycles. The molecule has 1 unspecified atom stereocenters. The standard InChI is InChI=1S/C23H17ClN4O2S/c1-14-19(22-26-21(27-30-22)18-11-6-12-31-18)20(15-7-5-8-16(24)13-15)25-23(29)28(14)17-9-3-2-4-10-17/h2-13,20H,1H3,(H,25,29). The summed E-state index contributed by atoms with van der Waals surface area (Å²) >= 11 is 7.77. The number of nitrogens with zero attached hydrogens (tertiary/aromatic N) is 3. The Balaban J connectivity index is 1.67. The van der Waals surface area contributed by atoms with Crippen LogP contribution < -0.4 is 10.2 Å². The van der Waals surface area contributed by atoms with Crippen molar-refractivity contribution in [3.8, 4) is 10.7 Å². The van der Waals surface area contributed by atoms with Gasteiger partial charge in [-0.2, -0.15) is 4.98 Å². The number of urea groups is 1. The Labute approximate surface area is 187 Å². The van der Waals surface area contributed by atoms with Gasteiger partial charge in [0.1, 0.15) is 0 Å². The van der Waals surface area contributed by atoms with Crippen molar-refractivity contribution in [2.45, 2.75) is 13.0 Å². The van der Waals surface area contributed by atoms with Crippen LogP contribution in [0.15, 0.2) is 82.3 Å². The van der Waals surface area contributed by atoms with Crippen LogP contribution in [0.1, 0.15) is 24.4 Å². The highest BCUT2D eigenvalue weighted by atomic mass is 35.5. The molecule has 0 radical (unpaired) electrons. The lowest BCUT2D eigenvalue weighted by Crippen LogP contribution is -2.46. The van der Waals surface area contributed by atoms with Crippen molar-refractivity contribution in [3.05, 3.63) is 94.3 Å². The largest absolute Gasteiger partial charge is 0.334 e. The Morgan fingerprint density at radius 3 is 2.68 bits per heavy atom. The monoisotopic (exact) mass is 448 g/mol. The molecule has 0 saturated heterocycles. The number of nitrogens with one attached hydrogen (secondary N) is 1. The van der Waals surface area contributed by atoms with E-state index in [0.29, 0.717) is 22.4 Å². The number of benzene rings is 2. The Kier molecular flexibility index (Phi) is 5.05. The fourth-order valence-electron chi connectivity index (χ4n) is 3.68. The molecule has 1 aliphatic heterocycles. The maximum absolute atomic E-state index is 13.1. The van der Waals surface area contributed by atoms with Gasteiger partial charge in [0, 0.05) is 10.7 Å². The number of amides is 2. The van der Waals surface area contributed by atoms with E-state index in [9.17, 15) is 4.79 Å². The molecule has 0 saturated carbocycles. The molecule has 2 amide bonds. The second-order valence-electron chi connectivity index (χ2n) is 7.01. The molecule has 5 rings (SSSR count). The van der Waals surface area contributed by atoms with Gasteiger partial charge in [-0.3, -0.25) is 4.90 Å². The molecule has 1 N–H and O–H groups in total. The molecular formula is C23H17ClN4O2S. The molecule has 0 bridgehead atoms. The van der Waals surface area contributed by atoms with Gasteiger partial charge in [-0.15, -0.1) is 11.3 Å². The van der Waals surface area contributed by atoms with Gasteiger partial charge in [-0.25, -0.2) is 4.79 Å². The molecule has 4 aromatic rings. The van der Waals surface area contributed by atoms with Crippen LogP contribution in [0.5, 0.6) is 0 Å². The summed E-state index contributed by atoms with van der Waals surface area (Å²) in [5, 5.41) is 9.78. The Morgan fingerprint density at radius 2 is 1.94 bits per heavy atom. The van der Waals surface area contributed by atoms with Gasteiger partial charge in [-0.05, 0) is 48.2 Å². The van der Waals surface area contributed by atoms with E-state index in [1.54, 1.807) is 11.0 Å². The van der Waals surface area contributed by atoms with E-state index in [-0.39, 0.29) is 6.03 Å². The smallest absolute Gasteiger partial charge is 0.326 e. The fourth-order valence-corrected chi connectivity index (χ4v) is 4.53. The highest BCUT2D eigenvalue weighted by Crippen LogP contribution is 2.39. The molecule has 2 aromatic carbocycles. The van der Waals surface area contributed by atoms with E-state index in [1.807, 2.05) is 73.0 Å². The summed E-state index contributed by atoms with van der Waals surface area (Å²) in [6.45, 7) is 1.88. The molecule has 8 heteroatoms. The number of rotatable bonds is 4. The lowest BCUT2D eigenvalue weighted by Gasteiger charge is -2.35. The Morgan fingerprint density at radius 1 is 1.10 bits per heavy atom. The van der Waals surface area contributed by atoms with E-state index < -0.39 is 6.04 Å². The first kappa shape index (κ1) is 19.5. The van der Waals surface area contributed by atoms with Gasteiger partial charge in [0.25, 0.3) is 5.89 Å². The van der Waals surface area contributed by atoms with Crippen LogP contribution in [0.2, 0.25) is 5.02 Å². The van der Waals surface area contributed by atoms with E-state index in [1.165, 1.54) is 11.3 Å². The second-order valence-corrected chi connectivity index (χ2v) is 8.39. The van der Waals surface area contributed by atoms with Gasteiger partial charge >= 0.3 is 6.03 Å². The van der Waals surface area contributed by atoms with E-state index in [0.717, 1.165) is 21.7 Å². The number of anilines is 1. The Hall–Kier alpha value is -3.42. The topological polar surface area (TPSA) is 71.3 Å². The molecule has 2 aromatic heterocycles. The van der Waals surface area contributed by atoms with Crippen molar-refractivity contribution in [1.82, 2.24) is 15.5 Å². The van der Waals surface area contributed by atoms with Crippen LogP contribution in [0.3, 0.4) is 0 Å². The van der Waals surface area contributed by atoms with E-state index >= 15 is 0 Å². The zero-order chi connectivity index (χ0) is 21.4. The molecule has 6 nitrogen and oxygen atoms in total. The maximum Gasteiger partial charge on any atom is 0.326 e. The van der Waals surface area contributed by atoms with Crippen LogP contribution in [0, 0.1) is 0 Å². The van der Waals surface area contributed by atoms with Crippen LogP contribution >= 0.6 is 22.9 Å². The number of thiophene rings is 1. The number of aromatic nitrogens is 2. The summed E-state index contributed by atoms with van der Waals surface area (Å²) < 4.78 is 5.68. The van der Waals surface area contributed by atoms with E-state index in [2.05, 4.69) is 15.5 Å². The van der Waals surface area contributed by atoms with Crippen molar-refractivity contribution < 1.29 is 9.32 Å². The highest BCUT2D eigenvalue weighted by molar-refractivity contribution is 7.13. The van der Waals surface area contributed by atoms with Crippen molar-refractivity contribution in [2.75, 3.05) is 4.90 Å². The molecule has 0 aliphatic carbocycles. The molecule has 0 spiro atoms. The second kappa shape index (κ2) is 8.02. The van der Waals surface area contributed by atoms with Crippen LogP contribution in [0.4, 0.5) is 10.5 Å². The van der Waals surface area contributed by atoms with Crippen molar-refractivity contribution >= 4 is 40.2 Å². The first-order chi connectivity index (χ1) is 15.1. The van der Waals surface area contributed by atoms with Crippen molar-refractivity contribution in [3.63, 3.8) is 0 Å². The number of hydrogen-bond acceptors (Lipinski definition) is 5. The number of para-hydroxylation sites is 1. The van der Waals surface area contributed by atoms with Crippen LogP contribution in [-0.4, -0.2) is 16.2 Å². The van der Waals surface area contributed by atoms with Crippen LogP contribution in [0.25, 0.3) is 16.3 Å². The molecule has 31 heavy (non-hydrogen) atoms. The average molecular weight is 449 g/mol. The third-order valence-corrected chi connectivity index (χ3v) is 6.18. The lowest BCUT2D eigenvalue weighted by atomic mass is 9.94. The zero-order valence-electron chi connectivity index (χ0n) is 16.4. The summed E-state index contributed by atoms with van der Waals surface area (Å²) in [6, 6.07) is 20.0. The van der Waals surface area contributed by atoms with Gasteiger partial charge < -0.3 is 9.84 Å². The fraction of sp³-hybridized carbons (Fsp3) is 0.0870. The van der Waals surface area contributed by atoms with Crippen molar-refractivity contribution in [2.24, 2.45) is 0 Å².